The van der Waals surface area contributed by atoms with Crippen LogP contribution in [0.15, 0.2) is 109 Å². The average Bonchev–Trinajstić information content (AvgIpc) is 3.18. The maximum atomic E-state index is 12.7. The van der Waals surface area contributed by atoms with Gasteiger partial charge in [0, 0.05) is 12.8 Å². The maximum absolute atomic E-state index is 12.7. The van der Waals surface area contributed by atoms with Gasteiger partial charge in [-0.25, -0.2) is 4.57 Å². The third-order valence-corrected chi connectivity index (χ3v) is 9.36. The first-order chi connectivity index (χ1) is 28.4. The summed E-state index contributed by atoms with van der Waals surface area (Å²) in [6.07, 6.45) is 48.9. The van der Waals surface area contributed by atoms with Gasteiger partial charge in [-0.3, -0.25) is 18.6 Å². The van der Waals surface area contributed by atoms with Crippen LogP contribution < -0.4 is 0 Å². The van der Waals surface area contributed by atoms with Crippen molar-refractivity contribution in [2.75, 3.05) is 47.5 Å². The molecule has 0 spiro atoms. The van der Waals surface area contributed by atoms with Crippen molar-refractivity contribution >= 4 is 19.8 Å². The van der Waals surface area contributed by atoms with Crippen LogP contribution in [-0.4, -0.2) is 86.1 Å². The van der Waals surface area contributed by atoms with Gasteiger partial charge in [0.15, 0.2) is 6.10 Å². The van der Waals surface area contributed by atoms with Crippen LogP contribution >= 0.6 is 7.82 Å². The Bertz CT molecular complexity index is 1380. The number of phosphoric ester groups is 1. The maximum Gasteiger partial charge on any atom is 0.472 e. The number of ether oxygens (including phenoxy) is 2. The molecule has 0 heterocycles. The molecule has 334 valence electrons. The number of aliphatic hydroxyl groups is 1. The predicted octanol–water partition coefficient (Wildman–Crippen LogP) is 11.3. The average molecular weight is 845 g/mol. The molecule has 0 saturated heterocycles. The molecule has 0 amide bonds. The van der Waals surface area contributed by atoms with Crippen molar-refractivity contribution in [1.82, 2.24) is 0 Å². The molecule has 59 heavy (non-hydrogen) atoms. The molecule has 10 nitrogen and oxygen atoms in total. The van der Waals surface area contributed by atoms with E-state index in [2.05, 4.69) is 74.6 Å². The second-order valence-electron chi connectivity index (χ2n) is 15.2. The third-order valence-electron chi connectivity index (χ3n) is 8.38. The monoisotopic (exact) mass is 845 g/mol. The van der Waals surface area contributed by atoms with E-state index in [1.807, 2.05) is 63.7 Å². The van der Waals surface area contributed by atoms with E-state index >= 15 is 0 Å². The number of nitrogens with zero attached hydrogens (tertiary/aromatic N) is 1. The number of likely N-dealkylation sites (N-methyl/N-ethyl adjacent to an activating group) is 1. The summed E-state index contributed by atoms with van der Waals surface area (Å²) < 4.78 is 34.1. The minimum Gasteiger partial charge on any atom is -0.462 e. The van der Waals surface area contributed by atoms with Gasteiger partial charge in [0.2, 0.25) is 0 Å². The quantitative estimate of drug-likeness (QED) is 0.0157. The summed E-state index contributed by atoms with van der Waals surface area (Å²) in [6.45, 7) is 3.97. The van der Waals surface area contributed by atoms with Gasteiger partial charge in [0.25, 0.3) is 0 Å². The lowest BCUT2D eigenvalue weighted by molar-refractivity contribution is -0.870. The van der Waals surface area contributed by atoms with E-state index in [0.717, 1.165) is 64.2 Å². The summed E-state index contributed by atoms with van der Waals surface area (Å²) >= 11 is 0. The molecule has 0 aromatic heterocycles. The van der Waals surface area contributed by atoms with Gasteiger partial charge in [-0.2, -0.15) is 0 Å². The van der Waals surface area contributed by atoms with Crippen LogP contribution in [0, 0.1) is 0 Å². The first-order valence-corrected chi connectivity index (χ1v) is 23.2. The zero-order valence-electron chi connectivity index (χ0n) is 37.0. The highest BCUT2D eigenvalue weighted by molar-refractivity contribution is 7.47. The van der Waals surface area contributed by atoms with Crippen molar-refractivity contribution in [3.8, 4) is 0 Å². The molecule has 0 rings (SSSR count). The molecule has 0 aliphatic carbocycles. The van der Waals surface area contributed by atoms with Gasteiger partial charge in [-0.15, -0.1) is 0 Å². The largest absolute Gasteiger partial charge is 0.472 e. The second-order valence-corrected chi connectivity index (χ2v) is 16.6. The Morgan fingerprint density at radius 3 is 1.75 bits per heavy atom. The summed E-state index contributed by atoms with van der Waals surface area (Å²) in [7, 11) is 1.36. The number of esters is 2. The number of allylic oxidation sites excluding steroid dienone is 16. The second kappa shape index (κ2) is 38.8. The number of hydrogen-bond acceptors (Lipinski definition) is 8. The van der Waals surface area contributed by atoms with Crippen molar-refractivity contribution in [3.63, 3.8) is 0 Å². The Morgan fingerprint density at radius 2 is 1.14 bits per heavy atom. The molecule has 0 aliphatic rings. The van der Waals surface area contributed by atoms with Crippen LogP contribution in [0.3, 0.4) is 0 Å². The summed E-state index contributed by atoms with van der Waals surface area (Å²) in [6, 6.07) is 0. The summed E-state index contributed by atoms with van der Waals surface area (Å²) in [5.74, 6) is -0.948. The first-order valence-electron chi connectivity index (χ1n) is 21.7. The molecule has 0 aromatic carbocycles. The number of hydrogen-bond donors (Lipinski definition) is 2. The fourth-order valence-corrected chi connectivity index (χ4v) is 5.75. The predicted molar refractivity (Wildman–Crippen MR) is 244 cm³/mol. The Labute approximate surface area is 358 Å². The van der Waals surface area contributed by atoms with E-state index in [4.69, 9.17) is 18.5 Å². The lowest BCUT2D eigenvalue weighted by Crippen LogP contribution is -2.37. The smallest absolute Gasteiger partial charge is 0.462 e. The van der Waals surface area contributed by atoms with E-state index < -0.39 is 38.6 Å². The lowest BCUT2D eigenvalue weighted by atomic mass is 10.1. The number of carbonyl (C=O) groups excluding carboxylic acids is 2. The van der Waals surface area contributed by atoms with Gasteiger partial charge < -0.3 is 24.0 Å². The molecular formula is C48H79NO9P+. The number of aliphatic hydroxyl groups excluding tert-OH is 1. The van der Waals surface area contributed by atoms with E-state index in [9.17, 15) is 24.2 Å². The van der Waals surface area contributed by atoms with Crippen molar-refractivity contribution in [2.45, 2.75) is 135 Å². The van der Waals surface area contributed by atoms with Gasteiger partial charge >= 0.3 is 19.8 Å². The van der Waals surface area contributed by atoms with E-state index in [-0.39, 0.29) is 26.1 Å². The molecule has 0 bridgehead atoms. The van der Waals surface area contributed by atoms with Gasteiger partial charge in [-0.1, -0.05) is 136 Å². The Morgan fingerprint density at radius 1 is 0.610 bits per heavy atom. The molecule has 0 aliphatic heterocycles. The fraction of sp³-hybridized carbons (Fsp3) is 0.583. The number of phosphoric acid groups is 1. The highest BCUT2D eigenvalue weighted by Gasteiger charge is 2.27. The summed E-state index contributed by atoms with van der Waals surface area (Å²) in [5, 5.41) is 10.0. The molecule has 11 heteroatoms. The zero-order valence-corrected chi connectivity index (χ0v) is 37.9. The topological polar surface area (TPSA) is 129 Å². The van der Waals surface area contributed by atoms with E-state index in [0.29, 0.717) is 43.1 Å². The molecule has 2 N–H and O–H groups in total. The van der Waals surface area contributed by atoms with Crippen molar-refractivity contribution in [1.29, 1.82) is 0 Å². The van der Waals surface area contributed by atoms with Gasteiger partial charge in [-0.05, 0) is 83.5 Å². The molecule has 0 fully saturated rings. The SMILES string of the molecule is CC/C=C\C/C=C\C/C=C\C/C=C\CCCCCCC(=O)OC[C@H](COP(=O)(O)OCC[N+](C)(C)C)OC(=O)CCC/C=C\C/C=C\C=C\C(O)C/C=C\C/C=C\CC. The number of unbranched alkanes of at least 4 members (excludes halogenated alkanes) is 5. The van der Waals surface area contributed by atoms with Crippen molar-refractivity contribution < 1.29 is 47.2 Å². The van der Waals surface area contributed by atoms with Crippen molar-refractivity contribution in [3.05, 3.63) is 109 Å². The summed E-state index contributed by atoms with van der Waals surface area (Å²) in [5.41, 5.74) is 0. The zero-order chi connectivity index (χ0) is 43.7. The third kappa shape index (κ3) is 42.6. The standard InChI is InChI=1S/C48H78NO9P/c1-6-8-10-12-14-15-16-17-18-19-20-21-22-23-27-31-35-39-47(51)55-43-46(44-57-59(53,54)56-42-41-49(3,4)5)58-48(52)40-36-32-28-25-24-26-30-34-38-45(50)37-33-29-13-11-9-7-2/h8-11,14-15,17-18,20-21,25-26,28-30,33-34,38,45-46,50H,6-7,12-13,16,19,22-24,27,31-32,35-37,39-44H2,1-5H3/p+1/b10-8-,11-9-,15-14-,18-17-,21-20-,28-25-,30-26-,33-29-,38-34+/t45?,46-/m1/s1. The Hall–Kier alpha value is -3.37. The van der Waals surface area contributed by atoms with E-state index in [1.165, 1.54) is 0 Å². The van der Waals surface area contributed by atoms with Crippen LogP contribution in [0.25, 0.3) is 0 Å². The minimum absolute atomic E-state index is 0.00125. The van der Waals surface area contributed by atoms with Crippen LogP contribution in [0.1, 0.15) is 123 Å². The van der Waals surface area contributed by atoms with Gasteiger partial charge in [0.1, 0.15) is 19.8 Å². The van der Waals surface area contributed by atoms with Gasteiger partial charge in [0.05, 0.1) is 33.9 Å². The number of rotatable bonds is 37. The number of carbonyl (C=O) groups is 2. The Balaban J connectivity index is 4.60. The molecule has 0 saturated carbocycles. The van der Waals surface area contributed by atoms with Crippen LogP contribution in [0.5, 0.6) is 0 Å². The first kappa shape index (κ1) is 55.6. The van der Waals surface area contributed by atoms with Crippen LogP contribution in [0.2, 0.25) is 0 Å². The fourth-order valence-electron chi connectivity index (χ4n) is 5.00. The molecule has 2 unspecified atom stereocenters. The molecule has 0 aromatic rings. The normalized spacial score (nSPS) is 15.2. The minimum atomic E-state index is -4.42. The Kier molecular flexibility index (Phi) is 36.6. The van der Waals surface area contributed by atoms with E-state index in [1.54, 1.807) is 6.08 Å². The lowest BCUT2D eigenvalue weighted by Gasteiger charge is -2.24. The highest BCUT2D eigenvalue weighted by Crippen LogP contribution is 2.43. The number of quaternary nitrogens is 1. The highest BCUT2D eigenvalue weighted by atomic mass is 31.2. The molecule has 0 radical (unpaired) electrons. The molecule has 3 atom stereocenters. The van der Waals surface area contributed by atoms with Crippen LogP contribution in [0.4, 0.5) is 0 Å². The van der Waals surface area contributed by atoms with Crippen molar-refractivity contribution in [2.24, 2.45) is 0 Å². The van der Waals surface area contributed by atoms with Crippen LogP contribution in [-0.2, 0) is 32.7 Å². The molecular weight excluding hydrogens is 765 g/mol. The summed E-state index contributed by atoms with van der Waals surface area (Å²) in [4.78, 5) is 35.4.